The van der Waals surface area contributed by atoms with Gasteiger partial charge in [-0.3, -0.25) is 4.79 Å². The summed E-state index contributed by atoms with van der Waals surface area (Å²) in [4.78, 5) is 11.5. The molecule has 0 saturated heterocycles. The summed E-state index contributed by atoms with van der Waals surface area (Å²) in [7, 11) is 1.42. The van der Waals surface area contributed by atoms with Crippen LogP contribution in [-0.4, -0.2) is 5.97 Å². The van der Waals surface area contributed by atoms with E-state index in [0.717, 1.165) is 16.0 Å². The van der Waals surface area contributed by atoms with Crippen molar-refractivity contribution in [3.8, 4) is 0 Å². The van der Waals surface area contributed by atoms with Crippen LogP contribution >= 0.6 is 21.9 Å². The molecule has 0 N–H and O–H groups in total. The summed E-state index contributed by atoms with van der Waals surface area (Å²) >= 11 is 1.08. The van der Waals surface area contributed by atoms with Gasteiger partial charge in [0.25, 0.3) is 0 Å². The van der Waals surface area contributed by atoms with E-state index in [0.29, 0.717) is 0 Å². The lowest BCUT2D eigenvalue weighted by Crippen LogP contribution is -1.86. The molecule has 0 unspecified atom stereocenters. The largest absolute Gasteiger partial charge is 0.379 e. The van der Waals surface area contributed by atoms with Crippen molar-refractivity contribution in [2.75, 3.05) is 0 Å². The van der Waals surface area contributed by atoms with E-state index in [1.54, 1.807) is 0 Å². The first-order valence-electron chi connectivity index (χ1n) is 3.36. The average molecular weight is 200 g/mol. The van der Waals surface area contributed by atoms with Crippen molar-refractivity contribution in [2.45, 2.75) is 11.8 Å². The number of rotatable bonds is 3. The summed E-state index contributed by atoms with van der Waals surface area (Å²) in [6, 6.07) is 9.75. The first-order valence-corrected chi connectivity index (χ1v) is 5.43. The van der Waals surface area contributed by atoms with Crippen molar-refractivity contribution in [1.29, 1.82) is 0 Å². The van der Waals surface area contributed by atoms with E-state index in [2.05, 4.69) is 4.18 Å². The maximum Gasteiger partial charge on any atom is 0.315 e. The van der Waals surface area contributed by atoms with Crippen LogP contribution < -0.4 is 0 Å². The summed E-state index contributed by atoms with van der Waals surface area (Å²) in [5, 5.41) is 0. The van der Waals surface area contributed by atoms with Crippen LogP contribution in [0.25, 0.3) is 0 Å². The molecule has 64 valence electrons. The molecule has 0 heterocycles. The van der Waals surface area contributed by atoms with Crippen molar-refractivity contribution in [3.05, 3.63) is 30.3 Å². The van der Waals surface area contributed by atoms with Crippen LogP contribution in [0.1, 0.15) is 6.92 Å². The number of carbonyl (C=O) groups excluding carboxylic acids is 1. The van der Waals surface area contributed by atoms with E-state index in [-0.39, 0.29) is 5.97 Å². The Balaban J connectivity index is 2.29. The highest BCUT2D eigenvalue weighted by Gasteiger charge is 1.96. The maximum atomic E-state index is 10.4. The monoisotopic (exact) mass is 200 g/mol. The van der Waals surface area contributed by atoms with Crippen LogP contribution in [0.4, 0.5) is 0 Å². The number of hydrogen-bond donors (Lipinski definition) is 0. The number of carbonyl (C=O) groups is 1. The van der Waals surface area contributed by atoms with Crippen LogP contribution in [-0.2, 0) is 8.98 Å². The summed E-state index contributed by atoms with van der Waals surface area (Å²) in [6.45, 7) is 1.39. The molecule has 0 saturated carbocycles. The lowest BCUT2D eigenvalue weighted by atomic mass is 10.4. The second-order valence-electron chi connectivity index (χ2n) is 2.04. The van der Waals surface area contributed by atoms with Gasteiger partial charge in [-0.15, -0.1) is 0 Å². The molecule has 2 nitrogen and oxygen atoms in total. The minimum Gasteiger partial charge on any atom is -0.379 e. The Morgan fingerprint density at radius 2 is 2.00 bits per heavy atom. The van der Waals surface area contributed by atoms with Gasteiger partial charge in [0.1, 0.15) is 11.1 Å². The van der Waals surface area contributed by atoms with Gasteiger partial charge in [-0.05, 0) is 22.9 Å². The normalized spacial score (nSPS) is 9.42. The third-order valence-corrected chi connectivity index (χ3v) is 2.85. The van der Waals surface area contributed by atoms with Crippen LogP contribution in [0.15, 0.2) is 35.2 Å². The van der Waals surface area contributed by atoms with E-state index in [4.69, 9.17) is 0 Å². The quantitative estimate of drug-likeness (QED) is 0.553. The van der Waals surface area contributed by atoms with Gasteiger partial charge < -0.3 is 4.18 Å². The van der Waals surface area contributed by atoms with Gasteiger partial charge in [0.05, 0.1) is 0 Å². The van der Waals surface area contributed by atoms with Crippen molar-refractivity contribution in [1.82, 2.24) is 0 Å². The highest BCUT2D eigenvalue weighted by molar-refractivity contribution is 8.75. The van der Waals surface area contributed by atoms with E-state index in [1.165, 1.54) is 17.7 Å². The predicted molar refractivity (Wildman–Crippen MR) is 51.7 cm³/mol. The lowest BCUT2D eigenvalue weighted by molar-refractivity contribution is -0.130. The topological polar surface area (TPSA) is 26.3 Å². The van der Waals surface area contributed by atoms with Crippen LogP contribution in [0.5, 0.6) is 0 Å². The highest BCUT2D eigenvalue weighted by Crippen LogP contribution is 2.31. The first-order chi connectivity index (χ1) is 5.79. The minimum atomic E-state index is -0.275. The summed E-state index contributed by atoms with van der Waals surface area (Å²) in [5.74, 6) is -0.275. The van der Waals surface area contributed by atoms with E-state index >= 15 is 0 Å². The van der Waals surface area contributed by atoms with Gasteiger partial charge in [-0.2, -0.15) is 0 Å². The molecule has 0 radical (unpaired) electrons. The van der Waals surface area contributed by atoms with Gasteiger partial charge in [0.15, 0.2) is 0 Å². The minimum absolute atomic E-state index is 0.275. The van der Waals surface area contributed by atoms with E-state index < -0.39 is 0 Å². The van der Waals surface area contributed by atoms with Crippen molar-refractivity contribution in [2.24, 2.45) is 0 Å². The van der Waals surface area contributed by atoms with E-state index in [9.17, 15) is 4.79 Å². The SMILES string of the molecule is CC(=O)OSSc1ccccc1. The molecule has 0 spiro atoms. The number of hydrogen-bond acceptors (Lipinski definition) is 4. The Hall–Kier alpha value is -0.610. The molecule has 1 aromatic rings. The second kappa shape index (κ2) is 5.11. The van der Waals surface area contributed by atoms with Gasteiger partial charge in [-0.1, -0.05) is 18.2 Å². The molecule has 0 aliphatic rings. The summed E-state index contributed by atoms with van der Waals surface area (Å²) in [6.07, 6.45) is 0. The zero-order valence-electron chi connectivity index (χ0n) is 6.52. The van der Waals surface area contributed by atoms with Gasteiger partial charge in [0, 0.05) is 11.8 Å². The van der Waals surface area contributed by atoms with Crippen LogP contribution in [0.2, 0.25) is 0 Å². The predicted octanol–water partition coefficient (Wildman–Crippen LogP) is 2.91. The maximum absolute atomic E-state index is 10.4. The molecule has 0 aromatic heterocycles. The Bertz CT molecular complexity index is 248. The molecule has 0 atom stereocenters. The summed E-state index contributed by atoms with van der Waals surface area (Å²) < 4.78 is 4.69. The van der Waals surface area contributed by atoms with Crippen molar-refractivity contribution < 1.29 is 8.98 Å². The Morgan fingerprint density at radius 1 is 1.33 bits per heavy atom. The molecule has 1 rings (SSSR count). The van der Waals surface area contributed by atoms with Crippen molar-refractivity contribution in [3.63, 3.8) is 0 Å². The smallest absolute Gasteiger partial charge is 0.315 e. The fraction of sp³-hybridized carbons (Fsp3) is 0.125. The highest BCUT2D eigenvalue weighted by atomic mass is 33.1. The van der Waals surface area contributed by atoms with Gasteiger partial charge in [-0.25, -0.2) is 0 Å². The first kappa shape index (κ1) is 9.48. The summed E-state index contributed by atoms with van der Waals surface area (Å²) in [5.41, 5.74) is 0. The van der Waals surface area contributed by atoms with Crippen LogP contribution in [0.3, 0.4) is 0 Å². The average Bonchev–Trinajstić information content (AvgIpc) is 2.05. The molecular weight excluding hydrogens is 192 g/mol. The molecular formula is C8H8O2S2. The van der Waals surface area contributed by atoms with Gasteiger partial charge in [0.2, 0.25) is 0 Å². The molecule has 4 heteroatoms. The van der Waals surface area contributed by atoms with Gasteiger partial charge >= 0.3 is 5.97 Å². The molecule has 0 aliphatic carbocycles. The van der Waals surface area contributed by atoms with Crippen LogP contribution in [0, 0.1) is 0 Å². The second-order valence-corrected chi connectivity index (χ2v) is 3.89. The fourth-order valence-corrected chi connectivity index (χ4v) is 2.02. The zero-order chi connectivity index (χ0) is 8.81. The molecule has 0 fully saturated rings. The lowest BCUT2D eigenvalue weighted by Gasteiger charge is -1.97. The molecule has 0 bridgehead atoms. The standard InChI is InChI=1S/C8H8O2S2/c1-7(9)10-12-11-8-5-3-2-4-6-8/h2-6H,1H3. The van der Waals surface area contributed by atoms with Crippen molar-refractivity contribution >= 4 is 27.8 Å². The Morgan fingerprint density at radius 3 is 2.58 bits per heavy atom. The Labute approximate surface area is 79.3 Å². The number of benzene rings is 1. The molecule has 1 aromatic carbocycles. The molecule has 12 heavy (non-hydrogen) atoms. The molecule has 0 aliphatic heterocycles. The third-order valence-electron chi connectivity index (χ3n) is 1.02. The third kappa shape index (κ3) is 3.69. The molecule has 0 amide bonds. The fourth-order valence-electron chi connectivity index (χ4n) is 0.580. The Kier molecular flexibility index (Phi) is 4.04. The zero-order valence-corrected chi connectivity index (χ0v) is 8.15. The van der Waals surface area contributed by atoms with E-state index in [1.807, 2.05) is 30.3 Å².